The van der Waals surface area contributed by atoms with Crippen molar-refractivity contribution in [2.45, 2.75) is 69.9 Å². The molecule has 6 heteroatoms. The molecule has 1 aromatic heterocycles. The molecule has 0 saturated heterocycles. The van der Waals surface area contributed by atoms with Crippen molar-refractivity contribution in [1.82, 2.24) is 4.98 Å². The Balaban J connectivity index is 0.000000169. The first kappa shape index (κ1) is 28.9. The SMILES string of the molecule is O/C(=C\C(=[OH+])C1CCCCC1)C1CCCCC1.[C-]#[N+]C1([N+]#[C-])c2cc[c-]c3c4ncccc4c4cccc1c4c23.[Ir]. The van der Waals surface area contributed by atoms with Crippen LogP contribution >= 0.6 is 0 Å². The van der Waals surface area contributed by atoms with Crippen molar-refractivity contribution in [3.8, 4) is 0 Å². The number of allylic oxidation sites excluding steroid dienone is 2. The fraction of sp³-hybridized carbons (Fsp3) is 0.371. The molecule has 2 N–H and O–H groups in total. The first-order chi connectivity index (χ1) is 19.6. The second-order valence-electron chi connectivity index (χ2n) is 11.3. The van der Waals surface area contributed by atoms with Crippen LogP contribution in [0.15, 0.2) is 60.5 Å². The fourth-order valence-electron chi connectivity index (χ4n) is 6.99. The first-order valence-corrected chi connectivity index (χ1v) is 14.5. The topological polar surface area (TPSA) is 63.2 Å². The third kappa shape index (κ3) is 4.95. The van der Waals surface area contributed by atoms with E-state index in [0.717, 1.165) is 69.3 Å². The van der Waals surface area contributed by atoms with Gasteiger partial charge in [0.25, 0.3) is 0 Å². The van der Waals surface area contributed by atoms with Gasteiger partial charge in [-0.1, -0.05) is 62.1 Å². The van der Waals surface area contributed by atoms with Gasteiger partial charge in [-0.05, 0) is 59.5 Å². The molecule has 3 aliphatic carbocycles. The quantitative estimate of drug-likeness (QED) is 0.0757. The van der Waals surface area contributed by atoms with Gasteiger partial charge in [-0.3, -0.25) is 4.79 Å². The number of aliphatic hydroxyl groups is 1. The van der Waals surface area contributed by atoms with E-state index in [1.165, 1.54) is 38.5 Å². The van der Waals surface area contributed by atoms with E-state index in [9.17, 15) is 9.90 Å². The first-order valence-electron chi connectivity index (χ1n) is 14.5. The summed E-state index contributed by atoms with van der Waals surface area (Å²) in [5.74, 6) is 1.45. The molecule has 5 nitrogen and oxygen atoms in total. The van der Waals surface area contributed by atoms with Crippen LogP contribution in [0.25, 0.3) is 42.1 Å². The van der Waals surface area contributed by atoms with Crippen LogP contribution in [-0.4, -0.2) is 20.7 Å². The maximum Gasteiger partial charge on any atom is 0.521 e. The number of aliphatic hydroxyl groups excluding tert-OH is 1. The Morgan fingerprint density at radius 2 is 1.51 bits per heavy atom. The molecule has 0 aliphatic heterocycles. The van der Waals surface area contributed by atoms with E-state index < -0.39 is 5.66 Å². The van der Waals surface area contributed by atoms with E-state index in [-0.39, 0.29) is 20.1 Å². The van der Waals surface area contributed by atoms with Gasteiger partial charge in [0, 0.05) is 32.2 Å². The van der Waals surface area contributed by atoms with Crippen molar-refractivity contribution < 1.29 is 30.0 Å². The molecule has 7 rings (SSSR count). The number of nitrogens with zero attached hydrogens (tertiary/aromatic N) is 3. The molecule has 0 amide bonds. The largest absolute Gasteiger partial charge is 0.521 e. The minimum absolute atomic E-state index is 0. The van der Waals surface area contributed by atoms with Crippen LogP contribution in [0.5, 0.6) is 0 Å². The second kappa shape index (κ2) is 12.1. The fourth-order valence-corrected chi connectivity index (χ4v) is 6.99. The number of hydrogen-bond acceptors (Lipinski definition) is 2. The molecule has 3 aromatic carbocycles. The molecule has 0 unspecified atom stereocenters. The van der Waals surface area contributed by atoms with E-state index in [0.29, 0.717) is 23.4 Å². The van der Waals surface area contributed by atoms with Crippen molar-refractivity contribution in [3.63, 3.8) is 0 Å². The van der Waals surface area contributed by atoms with Crippen molar-refractivity contribution >= 4 is 38.2 Å². The molecule has 4 aromatic rings. The van der Waals surface area contributed by atoms with Crippen molar-refractivity contribution in [1.29, 1.82) is 0 Å². The number of ketones is 1. The molecule has 1 radical (unpaired) electrons. The molecule has 0 atom stereocenters. The van der Waals surface area contributed by atoms with Crippen LogP contribution in [0.2, 0.25) is 0 Å². The Morgan fingerprint density at radius 3 is 2.20 bits per heavy atom. The summed E-state index contributed by atoms with van der Waals surface area (Å²) in [7, 11) is 0. The van der Waals surface area contributed by atoms with Gasteiger partial charge < -0.3 is 10.1 Å². The van der Waals surface area contributed by atoms with Crippen LogP contribution in [-0.2, 0) is 25.8 Å². The molecule has 2 fully saturated rings. The minimum atomic E-state index is -1.29. The molecule has 209 valence electrons. The van der Waals surface area contributed by atoms with E-state index >= 15 is 0 Å². The van der Waals surface area contributed by atoms with Crippen LogP contribution in [0, 0.1) is 31.0 Å². The van der Waals surface area contributed by atoms with Gasteiger partial charge in [-0.15, -0.1) is 23.6 Å². The van der Waals surface area contributed by atoms with E-state index in [1.54, 1.807) is 18.3 Å². The maximum atomic E-state index is 10.1. The van der Waals surface area contributed by atoms with Gasteiger partial charge >= 0.3 is 11.4 Å². The Hall–Kier alpha value is -3.57. The minimum Gasteiger partial charge on any atom is -0.512 e. The zero-order valence-corrected chi connectivity index (χ0v) is 25.4. The number of rotatable bonds is 3. The van der Waals surface area contributed by atoms with E-state index in [4.69, 9.17) is 13.1 Å². The van der Waals surface area contributed by atoms with Crippen LogP contribution in [0.1, 0.15) is 75.3 Å². The van der Waals surface area contributed by atoms with Gasteiger partial charge in [-0.2, -0.15) is 0 Å². The summed E-state index contributed by atoms with van der Waals surface area (Å²) in [5.41, 5.74) is 1.13. The predicted molar refractivity (Wildman–Crippen MR) is 160 cm³/mol. The summed E-state index contributed by atoms with van der Waals surface area (Å²) in [4.78, 5) is 22.1. The van der Waals surface area contributed by atoms with Gasteiger partial charge in [0.2, 0.25) is 0 Å². The predicted octanol–water partition coefficient (Wildman–Crippen LogP) is 8.83. The molecule has 2 saturated carbocycles. The molecule has 0 spiro atoms. The van der Waals surface area contributed by atoms with Gasteiger partial charge in [0.15, 0.2) is 0 Å². The van der Waals surface area contributed by atoms with Gasteiger partial charge in [-0.25, -0.2) is 22.8 Å². The Bertz CT molecular complexity index is 1640. The molecular weight excluding hydrogens is 687 g/mol. The molecule has 41 heavy (non-hydrogen) atoms. The normalized spacial score (nSPS) is 18.3. The average Bonchev–Trinajstić information content (AvgIpc) is 3.32. The Kier molecular flexibility index (Phi) is 8.55. The second-order valence-corrected chi connectivity index (χ2v) is 11.3. The van der Waals surface area contributed by atoms with Crippen LogP contribution in [0.4, 0.5) is 0 Å². The van der Waals surface area contributed by atoms with Gasteiger partial charge in [0.05, 0.1) is 17.6 Å². The smallest absolute Gasteiger partial charge is 0.512 e. The van der Waals surface area contributed by atoms with E-state index in [1.807, 2.05) is 36.4 Å². The zero-order valence-electron chi connectivity index (χ0n) is 23.0. The van der Waals surface area contributed by atoms with Crippen molar-refractivity contribution in [2.75, 3.05) is 0 Å². The third-order valence-corrected chi connectivity index (χ3v) is 9.06. The summed E-state index contributed by atoms with van der Waals surface area (Å²) in [5, 5.41) is 15.0. The van der Waals surface area contributed by atoms with Crippen LogP contribution < -0.4 is 0 Å². The number of aromatic nitrogens is 1. The summed E-state index contributed by atoms with van der Waals surface area (Å²) in [6.45, 7) is 15.4. The molecular formula is C35H33IrN3O2. The number of pyridine rings is 1. The summed E-state index contributed by atoms with van der Waals surface area (Å²) in [6, 6.07) is 16.8. The average molecular weight is 720 g/mol. The number of carbonyl (C=O) groups excluding carboxylic acids is 1. The number of fused-ring (bicyclic) bond motifs is 3. The standard InChI is InChI=1S/C20H8N3.C15H24O2.Ir/c1-21-20(22-2)15-9-3-6-12-13-8-5-11-23-19(13)14-7-4-10-16(20)18(14)17(12)15;16-14(12-7-3-1-4-8-12)11-15(17)13-9-5-2-6-10-13;/h3-6,8-11H;11-13,16H,1-10H2;/q-1;;/p+1/b;14-11-;. The Labute approximate surface area is 254 Å². The zero-order chi connectivity index (χ0) is 27.7. The molecule has 3 aliphatic rings. The van der Waals surface area contributed by atoms with Crippen LogP contribution in [0.3, 0.4) is 0 Å². The summed E-state index contributed by atoms with van der Waals surface area (Å²) < 4.78 is 0. The number of hydrogen-bond donors (Lipinski definition) is 1. The number of benzene rings is 3. The maximum absolute atomic E-state index is 10.1. The monoisotopic (exact) mass is 720 g/mol. The molecule has 0 bridgehead atoms. The van der Waals surface area contributed by atoms with E-state index in [2.05, 4.69) is 20.7 Å². The van der Waals surface area contributed by atoms with Gasteiger partial charge in [0.1, 0.15) is 11.3 Å². The van der Waals surface area contributed by atoms with Crippen molar-refractivity contribution in [3.05, 3.63) is 101 Å². The van der Waals surface area contributed by atoms with Crippen molar-refractivity contribution in [2.24, 2.45) is 11.8 Å². The summed E-state index contributed by atoms with van der Waals surface area (Å²) in [6.07, 6.45) is 15.2. The third-order valence-electron chi connectivity index (χ3n) is 9.06. The molecule has 1 heterocycles. The summed E-state index contributed by atoms with van der Waals surface area (Å²) >= 11 is 0. The Morgan fingerprint density at radius 1 is 0.878 bits per heavy atom.